The van der Waals surface area contributed by atoms with Crippen LogP contribution in [0.25, 0.3) is 21.3 Å². The van der Waals surface area contributed by atoms with Gasteiger partial charge in [0.1, 0.15) is 11.4 Å². The number of hydrogen-bond donors (Lipinski definition) is 0. The number of carbonyl (C=O) groups is 1. The maximum Gasteiger partial charge on any atom is 0.416 e. The number of nitrogens with zero attached hydrogens (tertiary/aromatic N) is 3. The first kappa shape index (κ1) is 18.7. The summed E-state index contributed by atoms with van der Waals surface area (Å²) in [5.41, 5.74) is -0.515. The fraction of sp³-hybridized carbons (Fsp3) is 0.316. The third-order valence-corrected chi connectivity index (χ3v) is 5.71. The minimum atomic E-state index is -4.47. The number of likely N-dealkylation sites (tertiary alicyclic amines) is 1. The van der Waals surface area contributed by atoms with Crippen molar-refractivity contribution >= 4 is 27.5 Å². The molecule has 1 fully saturated rings. The predicted molar refractivity (Wildman–Crippen MR) is 100 cm³/mol. The summed E-state index contributed by atoms with van der Waals surface area (Å²) >= 11 is 1.19. The van der Waals surface area contributed by atoms with Crippen LogP contribution in [0.4, 0.5) is 13.2 Å². The third kappa shape index (κ3) is 3.42. The van der Waals surface area contributed by atoms with Crippen molar-refractivity contribution in [1.82, 2.24) is 14.5 Å². The van der Waals surface area contributed by atoms with E-state index in [4.69, 9.17) is 0 Å². The van der Waals surface area contributed by atoms with Crippen molar-refractivity contribution in [2.24, 2.45) is 0 Å². The van der Waals surface area contributed by atoms with Crippen LogP contribution in [0.15, 0.2) is 40.8 Å². The predicted octanol–water partition coefficient (Wildman–Crippen LogP) is 3.77. The molecular formula is C19H16F3N3O2S. The Morgan fingerprint density at radius 1 is 1.21 bits per heavy atom. The van der Waals surface area contributed by atoms with Gasteiger partial charge in [0.05, 0.1) is 17.3 Å². The van der Waals surface area contributed by atoms with E-state index in [9.17, 15) is 22.8 Å². The largest absolute Gasteiger partial charge is 0.416 e. The van der Waals surface area contributed by atoms with Gasteiger partial charge in [-0.2, -0.15) is 13.2 Å². The molecule has 2 aromatic heterocycles. The number of amides is 1. The minimum Gasteiger partial charge on any atom is -0.341 e. The maximum absolute atomic E-state index is 13.0. The van der Waals surface area contributed by atoms with Gasteiger partial charge in [0.2, 0.25) is 5.91 Å². The summed E-state index contributed by atoms with van der Waals surface area (Å²) in [6.45, 7) is 1.23. The van der Waals surface area contributed by atoms with Crippen LogP contribution in [0.5, 0.6) is 0 Å². The summed E-state index contributed by atoms with van der Waals surface area (Å²) in [7, 11) is 0. The fourth-order valence-electron chi connectivity index (χ4n) is 3.37. The molecule has 0 N–H and O–H groups in total. The van der Waals surface area contributed by atoms with Crippen LogP contribution in [0, 0.1) is 0 Å². The molecule has 1 amide bonds. The molecule has 28 heavy (non-hydrogen) atoms. The number of carbonyl (C=O) groups excluding carboxylic acids is 1. The molecule has 0 saturated carbocycles. The molecule has 1 aliphatic rings. The van der Waals surface area contributed by atoms with Gasteiger partial charge >= 0.3 is 6.18 Å². The summed E-state index contributed by atoms with van der Waals surface area (Å²) in [4.78, 5) is 31.7. The van der Waals surface area contributed by atoms with E-state index < -0.39 is 17.3 Å². The Hall–Kier alpha value is -2.68. The van der Waals surface area contributed by atoms with Crippen LogP contribution >= 0.6 is 11.3 Å². The van der Waals surface area contributed by atoms with Crippen molar-refractivity contribution in [2.75, 3.05) is 13.1 Å². The number of benzene rings is 1. The molecule has 0 atom stereocenters. The van der Waals surface area contributed by atoms with E-state index in [0.29, 0.717) is 29.0 Å². The van der Waals surface area contributed by atoms with Gasteiger partial charge in [-0.05, 0) is 30.5 Å². The Morgan fingerprint density at radius 2 is 1.96 bits per heavy atom. The van der Waals surface area contributed by atoms with Gasteiger partial charge in [-0.3, -0.25) is 14.2 Å². The molecule has 3 aromatic rings. The lowest BCUT2D eigenvalue weighted by Gasteiger charge is -2.15. The highest BCUT2D eigenvalue weighted by Crippen LogP contribution is 2.35. The number of alkyl halides is 3. The normalized spacial score (nSPS) is 14.8. The highest BCUT2D eigenvalue weighted by molar-refractivity contribution is 7.17. The molecule has 3 heterocycles. The molecule has 4 rings (SSSR count). The van der Waals surface area contributed by atoms with Gasteiger partial charge in [-0.15, -0.1) is 11.3 Å². The molecule has 1 saturated heterocycles. The summed E-state index contributed by atoms with van der Waals surface area (Å²) < 4.78 is 40.4. The van der Waals surface area contributed by atoms with E-state index in [-0.39, 0.29) is 17.8 Å². The third-order valence-electron chi connectivity index (χ3n) is 4.83. The fourth-order valence-corrected chi connectivity index (χ4v) is 4.27. The molecule has 1 aromatic carbocycles. The highest BCUT2D eigenvalue weighted by Gasteiger charge is 2.30. The van der Waals surface area contributed by atoms with Gasteiger partial charge in [0, 0.05) is 24.0 Å². The number of rotatable bonds is 3. The SMILES string of the molecule is O=C(Cn1cnc2scc(-c3cccc(C(F)(F)F)c3)c2c1=O)N1CCCC1. The van der Waals surface area contributed by atoms with Crippen LogP contribution in [0.2, 0.25) is 0 Å². The smallest absolute Gasteiger partial charge is 0.341 e. The molecule has 0 unspecified atom stereocenters. The second-order valence-corrected chi connectivity index (χ2v) is 7.53. The molecule has 0 radical (unpaired) electrons. The van der Waals surface area contributed by atoms with Crippen LogP contribution in [0.1, 0.15) is 18.4 Å². The monoisotopic (exact) mass is 407 g/mol. The molecule has 9 heteroatoms. The lowest BCUT2D eigenvalue weighted by molar-refractivity contribution is -0.137. The summed E-state index contributed by atoms with van der Waals surface area (Å²) in [5.74, 6) is -0.156. The first-order valence-corrected chi connectivity index (χ1v) is 9.64. The Kier molecular flexibility index (Phi) is 4.70. The zero-order valence-corrected chi connectivity index (χ0v) is 15.5. The van der Waals surface area contributed by atoms with E-state index in [1.54, 1.807) is 10.3 Å². The average Bonchev–Trinajstić information content (AvgIpc) is 3.33. The molecule has 5 nitrogen and oxygen atoms in total. The molecule has 146 valence electrons. The van der Waals surface area contributed by atoms with Gasteiger partial charge in [-0.25, -0.2) is 4.98 Å². The second kappa shape index (κ2) is 7.05. The van der Waals surface area contributed by atoms with Gasteiger partial charge in [-0.1, -0.05) is 12.1 Å². The zero-order valence-electron chi connectivity index (χ0n) is 14.7. The molecule has 0 bridgehead atoms. The Morgan fingerprint density at radius 3 is 2.68 bits per heavy atom. The van der Waals surface area contributed by atoms with Crippen molar-refractivity contribution in [3.05, 3.63) is 51.9 Å². The topological polar surface area (TPSA) is 55.2 Å². The second-order valence-electron chi connectivity index (χ2n) is 6.67. The molecule has 0 aliphatic carbocycles. The molecular weight excluding hydrogens is 391 g/mol. The van der Waals surface area contributed by atoms with E-state index in [0.717, 1.165) is 25.0 Å². The first-order chi connectivity index (χ1) is 13.3. The lowest BCUT2D eigenvalue weighted by Crippen LogP contribution is -2.34. The number of aromatic nitrogens is 2. The molecule has 0 spiro atoms. The Labute approximate surface area is 162 Å². The van der Waals surface area contributed by atoms with Crippen LogP contribution < -0.4 is 5.56 Å². The van der Waals surface area contributed by atoms with Crippen molar-refractivity contribution in [1.29, 1.82) is 0 Å². The number of fused-ring (bicyclic) bond motifs is 1. The standard InChI is InChI=1S/C19H16F3N3O2S/c20-19(21,22)13-5-3-4-12(8-13)14-10-28-17-16(14)18(27)25(11-23-17)9-15(26)24-6-1-2-7-24/h3-5,8,10-11H,1-2,6-7,9H2. The number of thiophene rings is 1. The highest BCUT2D eigenvalue weighted by atomic mass is 32.1. The van der Waals surface area contributed by atoms with Crippen molar-refractivity contribution in [2.45, 2.75) is 25.6 Å². The van der Waals surface area contributed by atoms with Gasteiger partial charge < -0.3 is 4.90 Å². The van der Waals surface area contributed by atoms with Crippen molar-refractivity contribution in [3.63, 3.8) is 0 Å². The van der Waals surface area contributed by atoms with E-state index in [2.05, 4.69) is 4.98 Å². The van der Waals surface area contributed by atoms with Gasteiger partial charge in [0.25, 0.3) is 5.56 Å². The summed E-state index contributed by atoms with van der Waals surface area (Å²) in [6, 6.07) is 4.85. The number of halogens is 3. The minimum absolute atomic E-state index is 0.125. The van der Waals surface area contributed by atoms with Crippen LogP contribution in [-0.2, 0) is 17.5 Å². The quantitative estimate of drug-likeness (QED) is 0.664. The van der Waals surface area contributed by atoms with E-state index in [1.807, 2.05) is 0 Å². The average molecular weight is 407 g/mol. The van der Waals surface area contributed by atoms with Crippen LogP contribution in [0.3, 0.4) is 0 Å². The molecule has 1 aliphatic heterocycles. The van der Waals surface area contributed by atoms with Crippen LogP contribution in [-0.4, -0.2) is 33.4 Å². The lowest BCUT2D eigenvalue weighted by atomic mass is 10.0. The van der Waals surface area contributed by atoms with Gasteiger partial charge in [0.15, 0.2) is 0 Å². The number of hydrogen-bond acceptors (Lipinski definition) is 4. The van der Waals surface area contributed by atoms with Crippen molar-refractivity contribution < 1.29 is 18.0 Å². The Balaban J connectivity index is 1.75. The zero-order chi connectivity index (χ0) is 19.9. The first-order valence-electron chi connectivity index (χ1n) is 8.76. The summed E-state index contributed by atoms with van der Waals surface area (Å²) in [5, 5.41) is 1.86. The van der Waals surface area contributed by atoms with E-state index >= 15 is 0 Å². The summed E-state index contributed by atoms with van der Waals surface area (Å²) in [6.07, 6.45) is -1.25. The van der Waals surface area contributed by atoms with Crippen molar-refractivity contribution in [3.8, 4) is 11.1 Å². The van der Waals surface area contributed by atoms with E-state index in [1.165, 1.54) is 34.4 Å². The maximum atomic E-state index is 13.0. The Bertz CT molecular complexity index is 1100.